The maximum absolute atomic E-state index is 9.80. The summed E-state index contributed by atoms with van der Waals surface area (Å²) in [6.07, 6.45) is 0.0692. The molecule has 9 rings (SSSR count). The summed E-state index contributed by atoms with van der Waals surface area (Å²) in [6.45, 7) is 34.6. The molecule has 3 aliphatic rings. The first-order valence-electron chi connectivity index (χ1n) is 21.8. The predicted molar refractivity (Wildman–Crippen MR) is 239 cm³/mol. The second-order valence-corrected chi connectivity index (χ2v) is 21.1. The number of aromatic nitrogens is 2. The van der Waals surface area contributed by atoms with Crippen molar-refractivity contribution < 1.29 is 33.3 Å². The van der Waals surface area contributed by atoms with Crippen molar-refractivity contribution in [1.82, 2.24) is 9.55 Å². The monoisotopic (exact) mass is 966 g/mol. The molecule has 0 fully saturated rings. The SMILES string of the molecule is [2H]C1([2H])c2cc(C)c(C)cc2[C@@]2(C)N=C(c3[c-]c(Oc4[c-]c5c(cc4C)C(C)(C)c4cc(C(C)(C)C)cc6c7c(C)ccnc7n-5c46)cc(C(C)(C)C)c3)O[C@@]12C(C)(C)C.[Pt+2]. The number of rotatable bonds is 3. The number of nitrogens with zero attached hydrogens (tertiary/aromatic N) is 3. The zero-order chi connectivity index (χ0) is 43.7. The van der Waals surface area contributed by atoms with Crippen molar-refractivity contribution in [2.45, 2.75) is 145 Å². The average molecular weight is 967 g/mol. The van der Waals surface area contributed by atoms with Gasteiger partial charge >= 0.3 is 21.1 Å². The van der Waals surface area contributed by atoms with Crippen LogP contribution in [0.25, 0.3) is 27.6 Å². The number of aryl methyl sites for hydroxylation is 4. The smallest absolute Gasteiger partial charge is 0.510 e. The summed E-state index contributed by atoms with van der Waals surface area (Å²) in [7, 11) is 0. The van der Waals surface area contributed by atoms with Crippen LogP contribution in [0.3, 0.4) is 0 Å². The molecule has 0 radical (unpaired) electrons. The number of ether oxygens (including phenoxy) is 2. The summed E-state index contributed by atoms with van der Waals surface area (Å²) in [5.74, 6) is 1.50. The van der Waals surface area contributed by atoms with E-state index >= 15 is 0 Å². The fraction of sp³-hybridized carbons (Fsp3) is 0.434. The van der Waals surface area contributed by atoms with E-state index in [1.807, 2.05) is 26.1 Å². The third-order valence-corrected chi connectivity index (χ3v) is 13.5. The van der Waals surface area contributed by atoms with E-state index in [2.05, 4.69) is 156 Å². The molecule has 4 aromatic carbocycles. The maximum Gasteiger partial charge on any atom is 2.00 e. The predicted octanol–water partition coefficient (Wildman–Crippen LogP) is 13.1. The number of pyridine rings is 1. The molecule has 0 amide bonds. The number of benzene rings is 4. The van der Waals surface area contributed by atoms with E-state index in [0.717, 1.165) is 44.5 Å². The van der Waals surface area contributed by atoms with Gasteiger partial charge in [0, 0.05) is 43.0 Å². The van der Waals surface area contributed by atoms with Gasteiger partial charge in [0.1, 0.15) is 22.7 Å². The summed E-state index contributed by atoms with van der Waals surface area (Å²) in [5.41, 5.74) is 10.7. The van der Waals surface area contributed by atoms with Crippen molar-refractivity contribution >= 4 is 27.8 Å². The summed E-state index contributed by atoms with van der Waals surface area (Å²) >= 11 is 0. The van der Waals surface area contributed by atoms with E-state index < -0.39 is 22.9 Å². The Bertz CT molecular complexity index is 2900. The Labute approximate surface area is 369 Å². The molecule has 2 atom stereocenters. The topological polar surface area (TPSA) is 48.6 Å². The standard InChI is InChI=1S/C53H59N3O2.Pt/c1-29-17-18-54-46-44(29)38-25-36(49(8,9)10)26-41-45(38)56(46)42-27-43(32(4)21-40(42)51(41,14)15)57-37-23-33(22-35(24-37)48(5,6)7)47-55-52(16)39-20-31(3)30(2)19-34(39)28-53(52,58-47)50(11,12)13;/h17-22,24-26H,28H2,1-16H3;/q-2;+2/t52-,53-;/m1./s1/i28D2;. The second-order valence-electron chi connectivity index (χ2n) is 21.1. The van der Waals surface area contributed by atoms with Gasteiger partial charge in [-0.15, -0.1) is 28.8 Å². The van der Waals surface area contributed by atoms with Gasteiger partial charge in [0.2, 0.25) is 0 Å². The number of fused-ring (bicyclic) bond motifs is 8. The van der Waals surface area contributed by atoms with Crippen LogP contribution < -0.4 is 4.74 Å². The Kier molecular flexibility index (Phi) is 8.52. The van der Waals surface area contributed by atoms with Gasteiger partial charge in [0.15, 0.2) is 0 Å². The van der Waals surface area contributed by atoms with Crippen LogP contribution in [-0.2, 0) is 54.0 Å². The molecule has 0 N–H and O–H groups in total. The van der Waals surface area contributed by atoms with Gasteiger partial charge in [0.05, 0.1) is 5.52 Å². The summed E-state index contributed by atoms with van der Waals surface area (Å²) in [5, 5.41) is 2.38. The maximum atomic E-state index is 9.80. The number of aliphatic imine (C=N–C) groups is 1. The fourth-order valence-corrected chi connectivity index (χ4v) is 9.77. The Morgan fingerprint density at radius 3 is 2.07 bits per heavy atom. The van der Waals surface area contributed by atoms with E-state index in [1.165, 1.54) is 33.2 Å². The molecule has 59 heavy (non-hydrogen) atoms. The third kappa shape index (κ3) is 5.87. The Morgan fingerprint density at radius 2 is 1.41 bits per heavy atom. The second kappa shape index (κ2) is 12.9. The molecule has 0 saturated carbocycles. The Balaban J connectivity index is 0.00000514. The van der Waals surface area contributed by atoms with Crippen molar-refractivity contribution in [3.8, 4) is 17.2 Å². The molecule has 308 valence electrons. The zero-order valence-corrected chi connectivity index (χ0v) is 39.9. The quantitative estimate of drug-likeness (QED) is 0.166. The van der Waals surface area contributed by atoms with E-state index in [0.29, 0.717) is 28.5 Å². The van der Waals surface area contributed by atoms with E-state index in [1.54, 1.807) is 0 Å². The van der Waals surface area contributed by atoms with Gasteiger partial charge in [-0.1, -0.05) is 125 Å². The number of hydrogen-bond donors (Lipinski definition) is 0. The minimum atomic E-state index is -1.84. The van der Waals surface area contributed by atoms with Crippen LogP contribution in [0.1, 0.15) is 147 Å². The van der Waals surface area contributed by atoms with E-state index in [-0.39, 0.29) is 37.3 Å². The molecular formula is C53H59N3O2Pt. The largest absolute Gasteiger partial charge is 2.00 e. The molecule has 0 saturated heterocycles. The van der Waals surface area contributed by atoms with Crippen LogP contribution >= 0.6 is 0 Å². The molecule has 1 aliphatic carbocycles. The minimum absolute atomic E-state index is 0. The molecule has 4 heterocycles. The molecule has 0 unspecified atom stereocenters. The van der Waals surface area contributed by atoms with E-state index in [9.17, 15) is 2.74 Å². The summed E-state index contributed by atoms with van der Waals surface area (Å²) in [4.78, 5) is 10.4. The van der Waals surface area contributed by atoms with Crippen LogP contribution in [0.2, 0.25) is 0 Å². The molecule has 2 aromatic heterocycles. The zero-order valence-electron chi connectivity index (χ0n) is 39.7. The van der Waals surface area contributed by atoms with Gasteiger partial charge < -0.3 is 14.0 Å². The normalized spacial score (nSPS) is 21.9. The van der Waals surface area contributed by atoms with Crippen molar-refractivity contribution in [3.63, 3.8) is 0 Å². The molecule has 0 spiro atoms. The van der Waals surface area contributed by atoms with Gasteiger partial charge in [-0.2, -0.15) is 6.07 Å². The van der Waals surface area contributed by atoms with Crippen molar-refractivity contribution in [3.05, 3.63) is 128 Å². The van der Waals surface area contributed by atoms with Crippen molar-refractivity contribution in [2.75, 3.05) is 0 Å². The van der Waals surface area contributed by atoms with Crippen LogP contribution in [-0.4, -0.2) is 21.0 Å². The molecule has 0 bridgehead atoms. The minimum Gasteiger partial charge on any atom is -0.510 e. The van der Waals surface area contributed by atoms with Crippen molar-refractivity contribution in [2.24, 2.45) is 10.4 Å². The van der Waals surface area contributed by atoms with Gasteiger partial charge in [-0.05, 0) is 95.0 Å². The first-order chi connectivity index (χ1) is 27.6. The van der Waals surface area contributed by atoms with Gasteiger partial charge in [-0.3, -0.25) is 4.99 Å². The molecule has 6 heteroatoms. The van der Waals surface area contributed by atoms with Crippen LogP contribution in [0.5, 0.6) is 11.5 Å². The van der Waals surface area contributed by atoms with Crippen molar-refractivity contribution in [1.29, 1.82) is 0 Å². The molecular weight excluding hydrogens is 906 g/mol. The Hall–Kier alpha value is -4.21. The fourth-order valence-electron chi connectivity index (χ4n) is 9.77. The molecule has 6 aromatic rings. The van der Waals surface area contributed by atoms with Crippen LogP contribution in [0, 0.1) is 45.2 Å². The molecule has 2 aliphatic heterocycles. The molecule has 5 nitrogen and oxygen atoms in total. The van der Waals surface area contributed by atoms with Gasteiger partial charge in [-0.25, -0.2) is 4.98 Å². The van der Waals surface area contributed by atoms with E-state index in [4.69, 9.17) is 19.5 Å². The first-order valence-corrected chi connectivity index (χ1v) is 20.8. The first kappa shape index (κ1) is 39.0. The third-order valence-electron chi connectivity index (χ3n) is 13.5. The summed E-state index contributed by atoms with van der Waals surface area (Å²) < 4.78 is 36.0. The van der Waals surface area contributed by atoms with Gasteiger partial charge in [0.25, 0.3) is 0 Å². The number of hydrogen-bond acceptors (Lipinski definition) is 4. The van der Waals surface area contributed by atoms with Crippen LogP contribution in [0.4, 0.5) is 0 Å². The summed E-state index contributed by atoms with van der Waals surface area (Å²) in [6, 6.07) is 24.7. The Morgan fingerprint density at radius 1 is 0.763 bits per heavy atom. The van der Waals surface area contributed by atoms with Crippen LogP contribution in [0.15, 0.2) is 59.7 Å². The average Bonchev–Trinajstić information content (AvgIpc) is 3.70.